The van der Waals surface area contributed by atoms with Crippen LogP contribution >= 0.6 is 0 Å². The first-order valence-electron chi connectivity index (χ1n) is 7.62. The molecule has 2 saturated heterocycles. The molecule has 2 fully saturated rings. The lowest BCUT2D eigenvalue weighted by Gasteiger charge is -2.39. The number of aliphatic hydroxyl groups is 1. The summed E-state index contributed by atoms with van der Waals surface area (Å²) in [5, 5.41) is 11.2. The lowest BCUT2D eigenvalue weighted by atomic mass is 9.76. The molecular weight excluding hydrogens is 234 g/mol. The summed E-state index contributed by atoms with van der Waals surface area (Å²) >= 11 is 0. The first-order chi connectivity index (χ1) is 9.08. The van der Waals surface area contributed by atoms with Crippen molar-refractivity contribution in [2.24, 2.45) is 11.8 Å². The van der Waals surface area contributed by atoms with E-state index in [1.54, 1.807) is 0 Å². The van der Waals surface area contributed by atoms with Crippen molar-refractivity contribution in [2.45, 2.75) is 38.7 Å². The average Bonchev–Trinajstić information content (AvgIpc) is 2.79. The molecule has 2 aliphatic heterocycles. The van der Waals surface area contributed by atoms with Crippen molar-refractivity contribution in [3.8, 4) is 0 Å². The molecule has 104 valence electrons. The van der Waals surface area contributed by atoms with Gasteiger partial charge in [0, 0.05) is 19.0 Å². The highest BCUT2D eigenvalue weighted by Crippen LogP contribution is 2.42. The van der Waals surface area contributed by atoms with Gasteiger partial charge >= 0.3 is 0 Å². The summed E-state index contributed by atoms with van der Waals surface area (Å²) in [5.74, 6) is 1.09. The number of benzene rings is 1. The summed E-state index contributed by atoms with van der Waals surface area (Å²) in [6.45, 7) is 7.78. The van der Waals surface area contributed by atoms with Gasteiger partial charge in [-0.2, -0.15) is 0 Å². The first kappa shape index (κ1) is 13.1. The standard InChI is InChI=1S/C17H25NO/c1-13(2)10-14-4-3-5-15(11-14)17(19)7-9-18-8-6-16(17)12-18/h3-5,11,13,16,19H,6-10,12H2,1-2H3. The van der Waals surface area contributed by atoms with Crippen molar-refractivity contribution in [1.82, 2.24) is 4.90 Å². The second-order valence-electron chi connectivity index (χ2n) is 6.76. The SMILES string of the molecule is CC(C)Cc1cccc(C2(O)CCN3CCC2C3)c1. The van der Waals surface area contributed by atoms with Crippen LogP contribution in [-0.2, 0) is 12.0 Å². The van der Waals surface area contributed by atoms with E-state index in [0.717, 1.165) is 37.9 Å². The van der Waals surface area contributed by atoms with E-state index in [4.69, 9.17) is 0 Å². The third-order valence-corrected chi connectivity index (χ3v) is 4.83. The molecule has 0 aliphatic carbocycles. The fourth-order valence-corrected chi connectivity index (χ4v) is 3.78. The van der Waals surface area contributed by atoms with Crippen LogP contribution in [0.15, 0.2) is 24.3 Å². The van der Waals surface area contributed by atoms with E-state index in [2.05, 4.69) is 43.0 Å². The maximum atomic E-state index is 11.2. The van der Waals surface area contributed by atoms with Crippen LogP contribution in [0.2, 0.25) is 0 Å². The maximum Gasteiger partial charge on any atom is 0.0949 e. The highest BCUT2D eigenvalue weighted by molar-refractivity contribution is 5.30. The summed E-state index contributed by atoms with van der Waals surface area (Å²) in [5.41, 5.74) is 1.93. The van der Waals surface area contributed by atoms with Crippen molar-refractivity contribution >= 4 is 0 Å². The molecule has 0 aromatic heterocycles. The largest absolute Gasteiger partial charge is 0.385 e. The molecule has 0 spiro atoms. The van der Waals surface area contributed by atoms with E-state index in [9.17, 15) is 5.11 Å². The summed E-state index contributed by atoms with van der Waals surface area (Å²) in [6.07, 6.45) is 3.13. The molecule has 3 unspecified atom stereocenters. The molecule has 1 N–H and O–H groups in total. The summed E-state index contributed by atoms with van der Waals surface area (Å²) < 4.78 is 0. The van der Waals surface area contributed by atoms with Gasteiger partial charge in [0.05, 0.1) is 5.60 Å². The Kier molecular flexibility index (Phi) is 3.40. The van der Waals surface area contributed by atoms with Gasteiger partial charge in [-0.15, -0.1) is 0 Å². The topological polar surface area (TPSA) is 23.5 Å². The number of fused-ring (bicyclic) bond motifs is 2. The zero-order valence-electron chi connectivity index (χ0n) is 12.1. The van der Waals surface area contributed by atoms with E-state index < -0.39 is 5.60 Å². The van der Waals surface area contributed by atoms with Crippen LogP contribution < -0.4 is 0 Å². The van der Waals surface area contributed by atoms with E-state index in [1.165, 1.54) is 12.1 Å². The van der Waals surface area contributed by atoms with Gasteiger partial charge < -0.3 is 10.0 Å². The van der Waals surface area contributed by atoms with Gasteiger partial charge in [0.1, 0.15) is 0 Å². The molecule has 2 nitrogen and oxygen atoms in total. The molecule has 19 heavy (non-hydrogen) atoms. The van der Waals surface area contributed by atoms with E-state index in [-0.39, 0.29) is 0 Å². The van der Waals surface area contributed by atoms with Crippen molar-refractivity contribution in [3.05, 3.63) is 35.4 Å². The maximum absolute atomic E-state index is 11.2. The minimum atomic E-state index is -0.583. The van der Waals surface area contributed by atoms with Crippen molar-refractivity contribution in [3.63, 3.8) is 0 Å². The number of nitrogens with zero attached hydrogens (tertiary/aromatic N) is 1. The molecule has 1 aromatic carbocycles. The normalized spacial score (nSPS) is 33.9. The van der Waals surface area contributed by atoms with E-state index >= 15 is 0 Å². The van der Waals surface area contributed by atoms with Gasteiger partial charge in [-0.05, 0) is 42.9 Å². The Morgan fingerprint density at radius 3 is 3.00 bits per heavy atom. The van der Waals surface area contributed by atoms with Gasteiger partial charge in [-0.25, -0.2) is 0 Å². The predicted octanol–water partition coefficient (Wildman–Crippen LogP) is 2.80. The Labute approximate surface area is 116 Å². The molecule has 2 bridgehead atoms. The highest BCUT2D eigenvalue weighted by atomic mass is 16.3. The van der Waals surface area contributed by atoms with Crippen molar-refractivity contribution < 1.29 is 5.11 Å². The summed E-state index contributed by atoms with van der Waals surface area (Å²) in [6, 6.07) is 8.68. The van der Waals surface area contributed by atoms with Gasteiger partial charge in [0.15, 0.2) is 0 Å². The Morgan fingerprint density at radius 1 is 1.37 bits per heavy atom. The minimum Gasteiger partial charge on any atom is -0.385 e. The molecule has 0 saturated carbocycles. The minimum absolute atomic E-state index is 0.426. The van der Waals surface area contributed by atoms with Crippen LogP contribution in [0.3, 0.4) is 0 Å². The van der Waals surface area contributed by atoms with Gasteiger partial charge in [-0.3, -0.25) is 0 Å². The lowest BCUT2D eigenvalue weighted by Crippen LogP contribution is -2.44. The monoisotopic (exact) mass is 259 g/mol. The number of hydrogen-bond acceptors (Lipinski definition) is 2. The fourth-order valence-electron chi connectivity index (χ4n) is 3.78. The Bertz CT molecular complexity index is 456. The zero-order chi connectivity index (χ0) is 13.5. The van der Waals surface area contributed by atoms with E-state index in [0.29, 0.717) is 11.8 Å². The fraction of sp³-hybridized carbons (Fsp3) is 0.647. The number of hydrogen-bond donors (Lipinski definition) is 1. The highest BCUT2D eigenvalue weighted by Gasteiger charge is 2.45. The molecule has 2 heteroatoms. The van der Waals surface area contributed by atoms with Crippen LogP contribution in [0.5, 0.6) is 0 Å². The van der Waals surface area contributed by atoms with Crippen molar-refractivity contribution in [2.75, 3.05) is 19.6 Å². The molecular formula is C17H25NO. The smallest absolute Gasteiger partial charge is 0.0949 e. The van der Waals surface area contributed by atoms with Gasteiger partial charge in [0.2, 0.25) is 0 Å². The second kappa shape index (κ2) is 4.92. The van der Waals surface area contributed by atoms with Crippen LogP contribution in [0.25, 0.3) is 0 Å². The Balaban J connectivity index is 1.88. The second-order valence-corrected chi connectivity index (χ2v) is 6.76. The molecule has 2 heterocycles. The van der Waals surface area contributed by atoms with Crippen LogP contribution in [0.4, 0.5) is 0 Å². The van der Waals surface area contributed by atoms with Gasteiger partial charge in [-0.1, -0.05) is 38.1 Å². The van der Waals surface area contributed by atoms with E-state index in [1.807, 2.05) is 0 Å². The number of piperidine rings is 1. The van der Waals surface area contributed by atoms with Crippen LogP contribution in [0.1, 0.15) is 37.8 Å². The molecule has 2 aliphatic rings. The zero-order valence-corrected chi connectivity index (χ0v) is 12.1. The molecule has 3 rings (SSSR count). The first-order valence-corrected chi connectivity index (χ1v) is 7.62. The summed E-state index contributed by atoms with van der Waals surface area (Å²) in [4.78, 5) is 2.48. The average molecular weight is 259 g/mol. The third kappa shape index (κ3) is 2.44. The van der Waals surface area contributed by atoms with Gasteiger partial charge in [0.25, 0.3) is 0 Å². The summed E-state index contributed by atoms with van der Waals surface area (Å²) in [7, 11) is 0. The molecule has 1 aromatic rings. The quantitative estimate of drug-likeness (QED) is 0.902. The van der Waals surface area contributed by atoms with Crippen molar-refractivity contribution in [1.29, 1.82) is 0 Å². The van der Waals surface area contributed by atoms with Crippen LogP contribution in [-0.4, -0.2) is 29.6 Å². The predicted molar refractivity (Wildman–Crippen MR) is 78.0 cm³/mol. The molecule has 0 radical (unpaired) electrons. The Morgan fingerprint density at radius 2 is 2.21 bits per heavy atom. The molecule has 3 atom stereocenters. The lowest BCUT2D eigenvalue weighted by molar-refractivity contribution is -0.0502. The molecule has 0 amide bonds. The third-order valence-electron chi connectivity index (χ3n) is 4.83. The Hall–Kier alpha value is -0.860. The van der Waals surface area contributed by atoms with Crippen LogP contribution in [0, 0.1) is 11.8 Å². The number of rotatable bonds is 3.